The number of rotatable bonds is 3. The van der Waals surface area contributed by atoms with Crippen molar-refractivity contribution in [3.63, 3.8) is 0 Å². The summed E-state index contributed by atoms with van der Waals surface area (Å²) >= 11 is 0. The number of ether oxygens (including phenoxy) is 2. The molecule has 1 aromatic carbocycles. The lowest BCUT2D eigenvalue weighted by atomic mass is 9.88. The molecule has 1 saturated heterocycles. The van der Waals surface area contributed by atoms with Gasteiger partial charge in [-0.15, -0.1) is 0 Å². The molecule has 0 atom stereocenters. The number of fused-ring (bicyclic) bond motifs is 1. The molecule has 0 radical (unpaired) electrons. The van der Waals surface area contributed by atoms with Gasteiger partial charge in [0.2, 0.25) is 5.91 Å². The molecule has 5 nitrogen and oxygen atoms in total. The zero-order valence-electron chi connectivity index (χ0n) is 13.7. The monoisotopic (exact) mass is 317 g/mol. The van der Waals surface area contributed by atoms with Gasteiger partial charge >= 0.3 is 0 Å². The summed E-state index contributed by atoms with van der Waals surface area (Å²) in [5, 5.41) is 0. The summed E-state index contributed by atoms with van der Waals surface area (Å²) in [6.45, 7) is 6.21. The standard InChI is InChI=1S/C18H23NO4/c1-12(2)18(21)19-7-5-13(6-8-19)17(20)14-3-4-15-16(11-14)23-10-9-22-15/h3-4,11-13H,5-10H2,1-2H3. The maximum absolute atomic E-state index is 12.7. The van der Waals surface area contributed by atoms with Crippen LogP contribution in [-0.2, 0) is 4.79 Å². The van der Waals surface area contributed by atoms with Crippen LogP contribution in [0.1, 0.15) is 37.0 Å². The SMILES string of the molecule is CC(C)C(=O)N1CCC(C(=O)c2ccc3c(c2)OCCO3)CC1. The lowest BCUT2D eigenvalue weighted by Crippen LogP contribution is -2.42. The van der Waals surface area contributed by atoms with Gasteiger partial charge in [-0.25, -0.2) is 0 Å². The Kier molecular flexibility index (Phi) is 4.55. The number of carbonyl (C=O) groups is 2. The molecule has 2 aliphatic heterocycles. The molecule has 1 amide bonds. The minimum absolute atomic E-state index is 0.0139. The van der Waals surface area contributed by atoms with Gasteiger partial charge in [-0.05, 0) is 31.0 Å². The van der Waals surface area contributed by atoms with Crippen LogP contribution in [0, 0.1) is 11.8 Å². The van der Waals surface area contributed by atoms with E-state index in [-0.39, 0.29) is 23.5 Å². The molecule has 23 heavy (non-hydrogen) atoms. The van der Waals surface area contributed by atoms with Crippen molar-refractivity contribution >= 4 is 11.7 Å². The van der Waals surface area contributed by atoms with E-state index < -0.39 is 0 Å². The fourth-order valence-corrected chi connectivity index (χ4v) is 3.16. The van der Waals surface area contributed by atoms with Crippen LogP contribution in [0.2, 0.25) is 0 Å². The third-order valence-electron chi connectivity index (χ3n) is 4.50. The van der Waals surface area contributed by atoms with Crippen LogP contribution < -0.4 is 9.47 Å². The van der Waals surface area contributed by atoms with Crippen molar-refractivity contribution in [3.05, 3.63) is 23.8 Å². The van der Waals surface area contributed by atoms with E-state index in [2.05, 4.69) is 0 Å². The maximum atomic E-state index is 12.7. The molecule has 0 saturated carbocycles. The number of likely N-dealkylation sites (tertiary alicyclic amines) is 1. The van der Waals surface area contributed by atoms with E-state index in [1.165, 1.54) is 0 Å². The van der Waals surface area contributed by atoms with Crippen molar-refractivity contribution in [1.29, 1.82) is 0 Å². The Bertz CT molecular complexity index is 603. The number of piperidine rings is 1. The molecular formula is C18H23NO4. The lowest BCUT2D eigenvalue weighted by molar-refractivity contribution is -0.135. The largest absolute Gasteiger partial charge is 0.486 e. The summed E-state index contributed by atoms with van der Waals surface area (Å²) in [7, 11) is 0. The van der Waals surface area contributed by atoms with Crippen LogP contribution in [-0.4, -0.2) is 42.9 Å². The Morgan fingerprint density at radius 2 is 1.74 bits per heavy atom. The zero-order chi connectivity index (χ0) is 16.4. The molecule has 1 aromatic rings. The summed E-state index contributed by atoms with van der Waals surface area (Å²) in [5.74, 6) is 1.65. The highest BCUT2D eigenvalue weighted by Crippen LogP contribution is 2.32. The molecule has 124 valence electrons. The predicted molar refractivity (Wildman–Crippen MR) is 85.9 cm³/mol. The number of benzene rings is 1. The molecule has 0 spiro atoms. The summed E-state index contributed by atoms with van der Waals surface area (Å²) in [5.41, 5.74) is 0.669. The highest BCUT2D eigenvalue weighted by atomic mass is 16.6. The number of hydrogen-bond donors (Lipinski definition) is 0. The van der Waals surface area contributed by atoms with Crippen LogP contribution in [0.15, 0.2) is 18.2 Å². The predicted octanol–water partition coefficient (Wildman–Crippen LogP) is 2.54. The fourth-order valence-electron chi connectivity index (χ4n) is 3.16. The highest BCUT2D eigenvalue weighted by Gasteiger charge is 2.29. The number of nitrogens with zero attached hydrogens (tertiary/aromatic N) is 1. The van der Waals surface area contributed by atoms with Gasteiger partial charge in [-0.1, -0.05) is 13.8 Å². The summed E-state index contributed by atoms with van der Waals surface area (Å²) in [6.07, 6.45) is 1.46. The lowest BCUT2D eigenvalue weighted by Gasteiger charge is -2.32. The summed E-state index contributed by atoms with van der Waals surface area (Å²) in [6, 6.07) is 5.39. The Labute approximate surface area is 136 Å². The van der Waals surface area contributed by atoms with Crippen molar-refractivity contribution in [2.45, 2.75) is 26.7 Å². The highest BCUT2D eigenvalue weighted by molar-refractivity contribution is 5.98. The van der Waals surface area contributed by atoms with Gasteiger partial charge in [0.25, 0.3) is 0 Å². The number of carbonyl (C=O) groups excluding carboxylic acids is 2. The Hall–Kier alpha value is -2.04. The third kappa shape index (κ3) is 3.33. The van der Waals surface area contributed by atoms with E-state index in [4.69, 9.17) is 9.47 Å². The quantitative estimate of drug-likeness (QED) is 0.804. The first-order chi connectivity index (χ1) is 11.1. The van der Waals surface area contributed by atoms with Crippen LogP contribution >= 0.6 is 0 Å². The van der Waals surface area contributed by atoms with Crippen molar-refractivity contribution < 1.29 is 19.1 Å². The van der Waals surface area contributed by atoms with Gasteiger partial charge in [0.15, 0.2) is 17.3 Å². The Balaban J connectivity index is 1.64. The fraction of sp³-hybridized carbons (Fsp3) is 0.556. The molecule has 2 heterocycles. The van der Waals surface area contributed by atoms with E-state index in [1.807, 2.05) is 24.8 Å². The second kappa shape index (κ2) is 6.60. The number of ketones is 1. The first-order valence-corrected chi connectivity index (χ1v) is 8.29. The third-order valence-corrected chi connectivity index (χ3v) is 4.50. The van der Waals surface area contributed by atoms with E-state index in [1.54, 1.807) is 12.1 Å². The average Bonchev–Trinajstić information content (AvgIpc) is 2.60. The minimum atomic E-state index is -0.0197. The molecule has 1 fully saturated rings. The second-order valence-corrected chi connectivity index (χ2v) is 6.48. The molecule has 0 bridgehead atoms. The van der Waals surface area contributed by atoms with E-state index in [0.29, 0.717) is 43.4 Å². The first-order valence-electron chi connectivity index (χ1n) is 8.29. The number of Topliss-reactive ketones (excluding diaryl/α,β-unsaturated/α-hetero) is 1. The molecule has 3 rings (SSSR count). The topological polar surface area (TPSA) is 55.8 Å². The van der Waals surface area contributed by atoms with E-state index in [9.17, 15) is 9.59 Å². The van der Waals surface area contributed by atoms with Crippen molar-refractivity contribution in [2.24, 2.45) is 11.8 Å². The Morgan fingerprint density at radius 3 is 2.39 bits per heavy atom. The van der Waals surface area contributed by atoms with E-state index in [0.717, 1.165) is 12.8 Å². The van der Waals surface area contributed by atoms with Crippen molar-refractivity contribution in [1.82, 2.24) is 4.90 Å². The smallest absolute Gasteiger partial charge is 0.225 e. The summed E-state index contributed by atoms with van der Waals surface area (Å²) in [4.78, 5) is 26.6. The minimum Gasteiger partial charge on any atom is -0.486 e. The van der Waals surface area contributed by atoms with Gasteiger partial charge in [0.05, 0.1) is 0 Å². The summed E-state index contributed by atoms with van der Waals surface area (Å²) < 4.78 is 11.0. The van der Waals surface area contributed by atoms with Gasteiger partial charge in [-0.2, -0.15) is 0 Å². The molecule has 0 N–H and O–H groups in total. The van der Waals surface area contributed by atoms with Crippen molar-refractivity contribution in [3.8, 4) is 11.5 Å². The van der Waals surface area contributed by atoms with Crippen molar-refractivity contribution in [2.75, 3.05) is 26.3 Å². The zero-order valence-corrected chi connectivity index (χ0v) is 13.7. The molecule has 0 aliphatic carbocycles. The number of amides is 1. The second-order valence-electron chi connectivity index (χ2n) is 6.48. The maximum Gasteiger partial charge on any atom is 0.225 e. The van der Waals surface area contributed by atoms with Crippen LogP contribution in [0.4, 0.5) is 0 Å². The first kappa shape index (κ1) is 15.8. The molecule has 0 aromatic heterocycles. The molecule has 5 heteroatoms. The van der Waals surface area contributed by atoms with Gasteiger partial charge in [0, 0.05) is 30.5 Å². The van der Waals surface area contributed by atoms with Crippen LogP contribution in [0.3, 0.4) is 0 Å². The molecule has 0 unspecified atom stereocenters. The molecule has 2 aliphatic rings. The van der Waals surface area contributed by atoms with E-state index >= 15 is 0 Å². The average molecular weight is 317 g/mol. The Morgan fingerprint density at radius 1 is 1.09 bits per heavy atom. The van der Waals surface area contributed by atoms with Crippen LogP contribution in [0.25, 0.3) is 0 Å². The van der Waals surface area contributed by atoms with Gasteiger partial charge in [-0.3, -0.25) is 9.59 Å². The van der Waals surface area contributed by atoms with Gasteiger partial charge in [0.1, 0.15) is 13.2 Å². The van der Waals surface area contributed by atoms with Crippen LogP contribution in [0.5, 0.6) is 11.5 Å². The van der Waals surface area contributed by atoms with Gasteiger partial charge < -0.3 is 14.4 Å². The normalized spacial score (nSPS) is 18.1. The number of hydrogen-bond acceptors (Lipinski definition) is 4. The molecular weight excluding hydrogens is 294 g/mol.